The van der Waals surface area contributed by atoms with Crippen LogP contribution in [0.3, 0.4) is 0 Å². The van der Waals surface area contributed by atoms with Crippen molar-refractivity contribution in [2.45, 2.75) is 25.6 Å². The third kappa shape index (κ3) is 4.56. The summed E-state index contributed by atoms with van der Waals surface area (Å²) in [4.78, 5) is 22.0. The first-order valence-electron chi connectivity index (χ1n) is 5.73. The summed E-state index contributed by atoms with van der Waals surface area (Å²) in [6.45, 7) is 3.36. The van der Waals surface area contributed by atoms with Gasteiger partial charge in [0.15, 0.2) is 0 Å². The van der Waals surface area contributed by atoms with E-state index in [-0.39, 0.29) is 18.6 Å². The third-order valence-corrected chi connectivity index (χ3v) is 2.49. The van der Waals surface area contributed by atoms with Gasteiger partial charge in [-0.1, -0.05) is 6.07 Å². The average Bonchev–Trinajstić information content (AvgIpc) is 2.35. The van der Waals surface area contributed by atoms with E-state index in [0.29, 0.717) is 0 Å². The van der Waals surface area contributed by atoms with Crippen LogP contribution in [-0.4, -0.2) is 24.5 Å². The maximum atomic E-state index is 12.5. The first kappa shape index (κ1) is 16.0. The summed E-state index contributed by atoms with van der Waals surface area (Å²) in [6, 6.07) is 4.09. The molecule has 0 aliphatic carbocycles. The molecule has 0 aromatic heterocycles. The number of nitrogens with one attached hydrogen (secondary N) is 1. The summed E-state index contributed by atoms with van der Waals surface area (Å²) in [5, 5.41) is 2.41. The molecule has 0 fully saturated rings. The zero-order valence-electron chi connectivity index (χ0n) is 11.0. The highest BCUT2D eigenvalue weighted by Crippen LogP contribution is 2.29. The lowest BCUT2D eigenvalue weighted by Crippen LogP contribution is -2.40. The Morgan fingerprint density at radius 3 is 2.55 bits per heavy atom. The number of benzene rings is 1. The molecular weight excluding hydrogens is 275 g/mol. The van der Waals surface area contributed by atoms with Crippen LogP contribution >= 0.6 is 0 Å². The Morgan fingerprint density at radius 1 is 1.35 bits per heavy atom. The van der Waals surface area contributed by atoms with Crippen LogP contribution in [0.2, 0.25) is 0 Å². The fourth-order valence-corrected chi connectivity index (χ4v) is 1.40. The Balaban J connectivity index is 2.76. The van der Waals surface area contributed by atoms with Gasteiger partial charge in [-0.3, -0.25) is 9.59 Å². The molecule has 0 radical (unpaired) electrons. The summed E-state index contributed by atoms with van der Waals surface area (Å²) in [5.41, 5.74) is -1.94. The van der Waals surface area contributed by atoms with Gasteiger partial charge in [-0.2, -0.15) is 13.2 Å². The van der Waals surface area contributed by atoms with Crippen molar-refractivity contribution in [2.24, 2.45) is 0 Å². The topological polar surface area (TPSA) is 55.4 Å². The molecule has 4 nitrogen and oxygen atoms in total. The van der Waals surface area contributed by atoms with Crippen LogP contribution in [0.25, 0.3) is 0 Å². The second kappa shape index (κ2) is 5.94. The van der Waals surface area contributed by atoms with E-state index in [0.717, 1.165) is 18.2 Å². The van der Waals surface area contributed by atoms with Crippen molar-refractivity contribution in [1.29, 1.82) is 0 Å². The predicted molar refractivity (Wildman–Crippen MR) is 65.0 cm³/mol. The molecule has 1 rings (SSSR count). The highest BCUT2D eigenvalue weighted by atomic mass is 19.4. The van der Waals surface area contributed by atoms with Crippen molar-refractivity contribution in [3.8, 4) is 0 Å². The molecule has 0 aliphatic heterocycles. The molecule has 1 amide bonds. The third-order valence-electron chi connectivity index (χ3n) is 2.49. The molecule has 20 heavy (non-hydrogen) atoms. The Morgan fingerprint density at radius 2 is 2.00 bits per heavy atom. The smallest absolute Gasteiger partial charge is 0.416 e. The first-order valence-corrected chi connectivity index (χ1v) is 5.73. The summed E-state index contributed by atoms with van der Waals surface area (Å²) < 4.78 is 42.3. The van der Waals surface area contributed by atoms with Gasteiger partial charge in [0.05, 0.1) is 12.1 Å². The molecule has 1 aromatic rings. The standard InChI is InChI=1S/C13H14F3NO3/c1-12(2,20-8-18)7-17-11(19)9-4-3-5-10(6-9)13(14,15)16/h3-6,8H,7H2,1-2H3,(H,17,19). The second-order valence-corrected chi connectivity index (χ2v) is 4.74. The van der Waals surface area contributed by atoms with E-state index in [2.05, 4.69) is 5.32 Å². The Hall–Kier alpha value is -2.05. The van der Waals surface area contributed by atoms with Gasteiger partial charge in [-0.05, 0) is 32.0 Å². The van der Waals surface area contributed by atoms with Gasteiger partial charge in [0.2, 0.25) is 0 Å². The molecule has 0 saturated heterocycles. The number of carbonyl (C=O) groups is 2. The molecule has 0 aliphatic rings. The van der Waals surface area contributed by atoms with Crippen LogP contribution in [0.15, 0.2) is 24.3 Å². The SMILES string of the molecule is CC(C)(CNC(=O)c1cccc(C(F)(F)F)c1)OC=O. The Labute approximate surface area is 113 Å². The van der Waals surface area contributed by atoms with Crippen molar-refractivity contribution in [2.75, 3.05) is 6.54 Å². The number of hydrogen-bond donors (Lipinski definition) is 1. The largest absolute Gasteiger partial charge is 0.460 e. The van der Waals surface area contributed by atoms with Crippen LogP contribution in [0.1, 0.15) is 29.8 Å². The number of ether oxygens (including phenoxy) is 1. The predicted octanol–water partition coefficient (Wildman–Crippen LogP) is 2.39. The fraction of sp³-hybridized carbons (Fsp3) is 0.385. The molecule has 7 heteroatoms. The van der Waals surface area contributed by atoms with Crippen LogP contribution in [0.4, 0.5) is 13.2 Å². The average molecular weight is 289 g/mol. The van der Waals surface area contributed by atoms with E-state index >= 15 is 0 Å². The van der Waals surface area contributed by atoms with Crippen LogP contribution in [0.5, 0.6) is 0 Å². The van der Waals surface area contributed by atoms with E-state index in [9.17, 15) is 22.8 Å². The second-order valence-electron chi connectivity index (χ2n) is 4.74. The molecule has 0 bridgehead atoms. The van der Waals surface area contributed by atoms with Gasteiger partial charge in [0, 0.05) is 5.56 Å². The maximum absolute atomic E-state index is 12.5. The molecule has 1 aromatic carbocycles. The van der Waals surface area contributed by atoms with Crippen molar-refractivity contribution in [3.63, 3.8) is 0 Å². The van der Waals surface area contributed by atoms with E-state index in [1.54, 1.807) is 13.8 Å². The molecule has 0 spiro atoms. The minimum absolute atomic E-state index is 0.0131. The maximum Gasteiger partial charge on any atom is 0.416 e. The zero-order valence-corrected chi connectivity index (χ0v) is 11.0. The molecule has 0 atom stereocenters. The van der Waals surface area contributed by atoms with Gasteiger partial charge < -0.3 is 10.1 Å². The number of halogens is 3. The monoisotopic (exact) mass is 289 g/mol. The van der Waals surface area contributed by atoms with E-state index < -0.39 is 23.2 Å². The van der Waals surface area contributed by atoms with Crippen molar-refractivity contribution in [3.05, 3.63) is 35.4 Å². The Kier molecular flexibility index (Phi) is 4.75. The van der Waals surface area contributed by atoms with Gasteiger partial charge in [-0.25, -0.2) is 0 Å². The minimum atomic E-state index is -4.50. The summed E-state index contributed by atoms with van der Waals surface area (Å²) in [5.74, 6) is -0.668. The van der Waals surface area contributed by atoms with Crippen LogP contribution in [0, 0.1) is 0 Å². The van der Waals surface area contributed by atoms with Crippen molar-refractivity contribution in [1.82, 2.24) is 5.32 Å². The number of amides is 1. The summed E-state index contributed by atoms with van der Waals surface area (Å²) in [7, 11) is 0. The van der Waals surface area contributed by atoms with Gasteiger partial charge in [-0.15, -0.1) is 0 Å². The zero-order chi connectivity index (χ0) is 15.4. The van der Waals surface area contributed by atoms with E-state index in [1.807, 2.05) is 0 Å². The lowest BCUT2D eigenvalue weighted by atomic mass is 10.1. The molecule has 110 valence electrons. The van der Waals surface area contributed by atoms with Crippen molar-refractivity contribution < 1.29 is 27.5 Å². The van der Waals surface area contributed by atoms with Gasteiger partial charge in [0.25, 0.3) is 12.4 Å². The molecule has 0 unspecified atom stereocenters. The quantitative estimate of drug-likeness (QED) is 0.847. The molecule has 0 heterocycles. The van der Waals surface area contributed by atoms with E-state index in [1.165, 1.54) is 6.07 Å². The number of hydrogen-bond acceptors (Lipinski definition) is 3. The normalized spacial score (nSPS) is 11.8. The molecule has 1 N–H and O–H groups in total. The number of carbonyl (C=O) groups excluding carboxylic acids is 2. The number of rotatable bonds is 5. The van der Waals surface area contributed by atoms with Gasteiger partial charge >= 0.3 is 6.18 Å². The fourth-order valence-electron chi connectivity index (χ4n) is 1.40. The molecular formula is C13H14F3NO3. The van der Waals surface area contributed by atoms with Crippen LogP contribution < -0.4 is 5.32 Å². The summed E-state index contributed by atoms with van der Waals surface area (Å²) >= 11 is 0. The number of alkyl halides is 3. The highest BCUT2D eigenvalue weighted by molar-refractivity contribution is 5.94. The summed E-state index contributed by atoms with van der Waals surface area (Å²) in [6.07, 6.45) is -4.50. The van der Waals surface area contributed by atoms with Crippen molar-refractivity contribution >= 4 is 12.4 Å². The van der Waals surface area contributed by atoms with E-state index in [4.69, 9.17) is 4.74 Å². The first-order chi connectivity index (χ1) is 9.15. The highest BCUT2D eigenvalue weighted by Gasteiger charge is 2.31. The lowest BCUT2D eigenvalue weighted by molar-refractivity contribution is -0.140. The molecule has 0 saturated carbocycles. The lowest BCUT2D eigenvalue weighted by Gasteiger charge is -2.22. The minimum Gasteiger partial charge on any atom is -0.460 e. The van der Waals surface area contributed by atoms with Crippen LogP contribution in [-0.2, 0) is 15.7 Å². The van der Waals surface area contributed by atoms with Gasteiger partial charge in [0.1, 0.15) is 5.60 Å². The Bertz CT molecular complexity index is 498.